The van der Waals surface area contributed by atoms with Crippen molar-refractivity contribution in [1.29, 1.82) is 0 Å². The molecule has 0 amide bonds. The number of aromatic nitrogens is 2. The molecule has 0 aliphatic rings. The molecule has 1 aromatic carbocycles. The zero-order chi connectivity index (χ0) is 14.5. The van der Waals surface area contributed by atoms with Crippen molar-refractivity contribution < 1.29 is 0 Å². The summed E-state index contributed by atoms with van der Waals surface area (Å²) in [6.07, 6.45) is 1.74. The van der Waals surface area contributed by atoms with E-state index in [2.05, 4.69) is 32.8 Å². The van der Waals surface area contributed by atoms with Gasteiger partial charge in [-0.3, -0.25) is 4.79 Å². The van der Waals surface area contributed by atoms with Crippen LogP contribution in [0.15, 0.2) is 38.4 Å². The van der Waals surface area contributed by atoms with E-state index >= 15 is 0 Å². The molecule has 0 aliphatic carbocycles. The van der Waals surface area contributed by atoms with Crippen LogP contribution in [-0.4, -0.2) is 9.97 Å². The van der Waals surface area contributed by atoms with Gasteiger partial charge >= 0.3 is 0 Å². The fourth-order valence-corrected chi connectivity index (χ4v) is 3.23. The number of aryl methyl sites for hydroxylation is 1. The zero-order valence-corrected chi connectivity index (χ0v) is 14.1. The molecule has 0 fully saturated rings. The van der Waals surface area contributed by atoms with Crippen molar-refractivity contribution in [3.05, 3.63) is 55.6 Å². The number of hydrogen-bond acceptors (Lipinski definition) is 3. The topological polar surface area (TPSA) is 45.8 Å². The summed E-state index contributed by atoms with van der Waals surface area (Å²) < 4.78 is 0.533. The molecule has 6 heteroatoms. The molecule has 0 unspecified atom stereocenters. The highest BCUT2D eigenvalue weighted by Crippen LogP contribution is 2.28. The lowest BCUT2D eigenvalue weighted by molar-refractivity contribution is 0.835. The maximum Gasteiger partial charge on any atom is 0.265 e. The van der Waals surface area contributed by atoms with Crippen molar-refractivity contribution in [1.82, 2.24) is 9.97 Å². The van der Waals surface area contributed by atoms with Gasteiger partial charge in [0.1, 0.15) is 10.3 Å². The Bertz CT molecular complexity index is 660. The fourth-order valence-electron chi connectivity index (χ4n) is 1.74. The van der Waals surface area contributed by atoms with Gasteiger partial charge in [-0.2, -0.15) is 0 Å². The third kappa shape index (κ3) is 3.87. The van der Waals surface area contributed by atoms with Crippen molar-refractivity contribution in [2.24, 2.45) is 0 Å². The van der Waals surface area contributed by atoms with Gasteiger partial charge in [-0.1, -0.05) is 37.1 Å². The first-order valence-corrected chi connectivity index (χ1v) is 8.42. The Morgan fingerprint density at radius 1 is 1.40 bits per heavy atom. The summed E-state index contributed by atoms with van der Waals surface area (Å²) in [4.78, 5) is 20.1. The molecular formula is C14H14BrClN2OS. The Morgan fingerprint density at radius 2 is 2.15 bits per heavy atom. The zero-order valence-electron chi connectivity index (χ0n) is 11.0. The number of rotatable bonds is 5. The fraction of sp³-hybridized carbons (Fsp3) is 0.286. The van der Waals surface area contributed by atoms with E-state index in [1.54, 1.807) is 11.8 Å². The van der Waals surface area contributed by atoms with E-state index < -0.39 is 0 Å². The molecule has 20 heavy (non-hydrogen) atoms. The van der Waals surface area contributed by atoms with Gasteiger partial charge in [0, 0.05) is 4.90 Å². The van der Waals surface area contributed by atoms with Gasteiger partial charge in [-0.15, -0.1) is 11.8 Å². The molecule has 2 aromatic rings. The van der Waals surface area contributed by atoms with Crippen LogP contribution in [0.3, 0.4) is 0 Å². The van der Waals surface area contributed by atoms with Crippen LogP contribution in [0.1, 0.15) is 24.9 Å². The number of H-pyrrole nitrogens is 1. The molecule has 106 valence electrons. The molecule has 0 saturated carbocycles. The Kier molecular flexibility index (Phi) is 5.69. The van der Waals surface area contributed by atoms with Crippen molar-refractivity contribution in [2.75, 3.05) is 0 Å². The van der Waals surface area contributed by atoms with Gasteiger partial charge in [-0.05, 0) is 34.5 Å². The molecule has 0 spiro atoms. The van der Waals surface area contributed by atoms with Crippen LogP contribution >= 0.6 is 39.3 Å². The molecule has 1 heterocycles. The molecule has 0 aliphatic heterocycles. The highest BCUT2D eigenvalue weighted by atomic mass is 79.9. The third-order valence-corrected chi connectivity index (χ3v) is 5.01. The maximum absolute atomic E-state index is 11.8. The van der Waals surface area contributed by atoms with E-state index in [-0.39, 0.29) is 5.56 Å². The Morgan fingerprint density at radius 3 is 2.85 bits per heavy atom. The highest BCUT2D eigenvalue weighted by Gasteiger charge is 2.09. The second-order valence-corrected chi connectivity index (χ2v) is 6.46. The average Bonchev–Trinajstić information content (AvgIpc) is 2.43. The van der Waals surface area contributed by atoms with Crippen molar-refractivity contribution in [3.8, 4) is 0 Å². The van der Waals surface area contributed by atoms with Crippen LogP contribution in [0.5, 0.6) is 0 Å². The van der Waals surface area contributed by atoms with Crippen molar-refractivity contribution in [2.45, 2.75) is 30.4 Å². The molecular weight excluding hydrogens is 360 g/mol. The summed E-state index contributed by atoms with van der Waals surface area (Å²) in [5, 5.41) is 0.714. The first-order chi connectivity index (χ1) is 9.61. The Labute approximate surface area is 135 Å². The Balaban J connectivity index is 2.18. The van der Waals surface area contributed by atoms with E-state index in [1.165, 1.54) is 0 Å². The molecule has 0 atom stereocenters. The van der Waals surface area contributed by atoms with E-state index in [1.807, 2.05) is 24.3 Å². The predicted octanol–water partition coefficient (Wildman–Crippen LogP) is 4.43. The summed E-state index contributed by atoms with van der Waals surface area (Å²) >= 11 is 11.0. The summed E-state index contributed by atoms with van der Waals surface area (Å²) in [7, 11) is 0. The predicted molar refractivity (Wildman–Crippen MR) is 87.6 cm³/mol. The Hall–Kier alpha value is -0.780. The van der Waals surface area contributed by atoms with Gasteiger partial charge in [0.2, 0.25) is 0 Å². The number of halogens is 2. The third-order valence-electron chi connectivity index (χ3n) is 2.67. The number of nitrogens with zero attached hydrogens (tertiary/aromatic N) is 1. The first-order valence-electron chi connectivity index (χ1n) is 6.26. The van der Waals surface area contributed by atoms with Crippen LogP contribution < -0.4 is 5.56 Å². The van der Waals surface area contributed by atoms with Gasteiger partial charge in [0.15, 0.2) is 0 Å². The smallest absolute Gasteiger partial charge is 0.265 e. The van der Waals surface area contributed by atoms with E-state index in [4.69, 9.17) is 11.6 Å². The standard InChI is InChI=1S/C14H14BrClN2OS/c1-2-5-10-13(15)14(19)18-12(17-10)8-20-11-7-4-3-6-9(11)16/h3-4,6-7H,2,5,8H2,1H3,(H,17,18,19). The highest BCUT2D eigenvalue weighted by molar-refractivity contribution is 9.10. The normalized spacial score (nSPS) is 10.8. The van der Waals surface area contributed by atoms with Crippen LogP contribution in [0.25, 0.3) is 0 Å². The molecule has 1 N–H and O–H groups in total. The first kappa shape index (κ1) is 15.6. The van der Waals surface area contributed by atoms with Gasteiger partial charge < -0.3 is 4.98 Å². The van der Waals surface area contributed by atoms with Gasteiger partial charge in [0.05, 0.1) is 16.5 Å². The number of benzene rings is 1. The van der Waals surface area contributed by atoms with E-state index in [0.717, 1.165) is 23.4 Å². The lowest BCUT2D eigenvalue weighted by Gasteiger charge is -2.06. The van der Waals surface area contributed by atoms with Crippen molar-refractivity contribution >= 4 is 39.3 Å². The summed E-state index contributed by atoms with van der Waals surface area (Å²) in [6.45, 7) is 2.06. The minimum Gasteiger partial charge on any atom is -0.309 e. The number of aromatic amines is 1. The second-order valence-electron chi connectivity index (χ2n) is 4.24. The molecule has 2 rings (SSSR count). The van der Waals surface area contributed by atoms with E-state index in [0.29, 0.717) is 21.1 Å². The lowest BCUT2D eigenvalue weighted by Crippen LogP contribution is -2.15. The van der Waals surface area contributed by atoms with Gasteiger partial charge in [-0.25, -0.2) is 4.98 Å². The summed E-state index contributed by atoms with van der Waals surface area (Å²) in [5.74, 6) is 1.26. The molecule has 0 bridgehead atoms. The van der Waals surface area contributed by atoms with Crippen molar-refractivity contribution in [3.63, 3.8) is 0 Å². The largest absolute Gasteiger partial charge is 0.309 e. The van der Waals surface area contributed by atoms with Crippen LogP contribution in [0.2, 0.25) is 5.02 Å². The lowest BCUT2D eigenvalue weighted by atomic mass is 10.2. The average molecular weight is 374 g/mol. The molecule has 0 radical (unpaired) electrons. The van der Waals surface area contributed by atoms with Gasteiger partial charge in [0.25, 0.3) is 5.56 Å². The second kappa shape index (κ2) is 7.29. The minimum atomic E-state index is -0.127. The number of hydrogen-bond donors (Lipinski definition) is 1. The van der Waals surface area contributed by atoms with E-state index in [9.17, 15) is 4.79 Å². The molecule has 0 saturated heterocycles. The SMILES string of the molecule is CCCc1nc(CSc2ccccc2Cl)[nH]c(=O)c1Br. The molecule has 1 aromatic heterocycles. The quantitative estimate of drug-likeness (QED) is 0.789. The summed E-state index contributed by atoms with van der Waals surface area (Å²) in [6, 6.07) is 7.64. The minimum absolute atomic E-state index is 0.127. The van der Waals surface area contributed by atoms with Crippen LogP contribution in [0.4, 0.5) is 0 Å². The maximum atomic E-state index is 11.8. The number of nitrogens with one attached hydrogen (secondary N) is 1. The van der Waals surface area contributed by atoms with Crippen LogP contribution in [-0.2, 0) is 12.2 Å². The van der Waals surface area contributed by atoms with Crippen LogP contribution in [0, 0.1) is 0 Å². The number of thioether (sulfide) groups is 1. The molecule has 3 nitrogen and oxygen atoms in total. The summed E-state index contributed by atoms with van der Waals surface area (Å²) in [5.41, 5.74) is 0.684. The monoisotopic (exact) mass is 372 g/mol.